The molecule has 2 aliphatic heterocycles. The van der Waals surface area contributed by atoms with E-state index in [0.717, 1.165) is 32.7 Å². The Hall–Kier alpha value is -1.11. The second kappa shape index (κ2) is 11.0. The van der Waals surface area contributed by atoms with Crippen LogP contribution in [0.4, 0.5) is 5.69 Å². The molecule has 2 heterocycles. The molecule has 2 aliphatic rings. The van der Waals surface area contributed by atoms with E-state index in [1.165, 1.54) is 48.1 Å². The van der Waals surface area contributed by atoms with Crippen LogP contribution in [0.5, 0.6) is 0 Å². The first-order valence-corrected chi connectivity index (χ1v) is 10.8. The number of hydrogen-bond donors (Lipinski definition) is 1. The smallest absolute Gasteiger partial charge is 0.293 e. The van der Waals surface area contributed by atoms with Crippen molar-refractivity contribution in [3.8, 4) is 0 Å². The van der Waals surface area contributed by atoms with Crippen LogP contribution >= 0.6 is 15.9 Å². The Morgan fingerprint density at radius 1 is 1.11 bits per heavy atom. The minimum atomic E-state index is -0.318. The van der Waals surface area contributed by atoms with Crippen molar-refractivity contribution in [3.63, 3.8) is 0 Å². The standard InChI is InChI=1S/C16H24BrN3.C5H10O2/c17-15-5-4-14(13-19-10-6-18-7-11-19)16(12-15)20-8-2-1-3-9-20;1-5(2,3)7-4-6/h4-5,12,18H,1-3,6-11,13H2;4H,1-3H3. The Kier molecular flexibility index (Phi) is 9.06. The summed E-state index contributed by atoms with van der Waals surface area (Å²) in [4.78, 5) is 14.7. The van der Waals surface area contributed by atoms with Gasteiger partial charge in [0.05, 0.1) is 0 Å². The molecule has 0 atom stereocenters. The van der Waals surface area contributed by atoms with Gasteiger partial charge in [0.25, 0.3) is 6.47 Å². The van der Waals surface area contributed by atoms with E-state index in [2.05, 4.69) is 54.0 Å². The molecule has 0 saturated carbocycles. The van der Waals surface area contributed by atoms with Gasteiger partial charge in [0.15, 0.2) is 0 Å². The van der Waals surface area contributed by atoms with Crippen molar-refractivity contribution >= 4 is 28.1 Å². The van der Waals surface area contributed by atoms with Gasteiger partial charge in [0.2, 0.25) is 0 Å². The molecule has 1 aromatic carbocycles. The van der Waals surface area contributed by atoms with Crippen molar-refractivity contribution in [2.75, 3.05) is 44.2 Å². The van der Waals surface area contributed by atoms with Gasteiger partial charge in [-0.15, -0.1) is 0 Å². The van der Waals surface area contributed by atoms with Crippen molar-refractivity contribution in [1.82, 2.24) is 10.2 Å². The highest BCUT2D eigenvalue weighted by molar-refractivity contribution is 9.10. The lowest BCUT2D eigenvalue weighted by atomic mass is 10.1. The molecule has 0 amide bonds. The topological polar surface area (TPSA) is 44.8 Å². The largest absolute Gasteiger partial charge is 0.462 e. The third-order valence-corrected chi connectivity index (χ3v) is 5.24. The molecule has 5 nitrogen and oxygen atoms in total. The van der Waals surface area contributed by atoms with Crippen LogP contribution in [0.25, 0.3) is 0 Å². The quantitative estimate of drug-likeness (QED) is 0.722. The molecule has 0 aromatic heterocycles. The van der Waals surface area contributed by atoms with Gasteiger partial charge in [-0.2, -0.15) is 0 Å². The normalized spacial score (nSPS) is 18.4. The van der Waals surface area contributed by atoms with Crippen LogP contribution in [0, 0.1) is 0 Å². The van der Waals surface area contributed by atoms with Crippen LogP contribution in [0.15, 0.2) is 22.7 Å². The van der Waals surface area contributed by atoms with E-state index in [1.807, 2.05) is 20.8 Å². The Morgan fingerprint density at radius 3 is 2.33 bits per heavy atom. The van der Waals surface area contributed by atoms with Crippen LogP contribution < -0.4 is 10.2 Å². The Bertz CT molecular complexity index is 577. The second-order valence-electron chi connectivity index (χ2n) is 8.17. The number of piperidine rings is 1. The molecule has 3 rings (SSSR count). The zero-order valence-electron chi connectivity index (χ0n) is 17.0. The maximum absolute atomic E-state index is 9.60. The van der Waals surface area contributed by atoms with E-state index >= 15 is 0 Å². The highest BCUT2D eigenvalue weighted by Gasteiger charge is 2.17. The number of nitrogens with zero attached hydrogens (tertiary/aromatic N) is 2. The minimum absolute atomic E-state index is 0.318. The Morgan fingerprint density at radius 2 is 1.78 bits per heavy atom. The van der Waals surface area contributed by atoms with E-state index < -0.39 is 0 Å². The molecule has 0 radical (unpaired) electrons. The molecular formula is C21H34BrN3O2. The van der Waals surface area contributed by atoms with Crippen LogP contribution in [0.2, 0.25) is 0 Å². The van der Waals surface area contributed by atoms with Crippen molar-refractivity contribution in [1.29, 1.82) is 0 Å². The number of nitrogens with one attached hydrogen (secondary N) is 1. The lowest BCUT2D eigenvalue weighted by Crippen LogP contribution is -2.43. The first kappa shape index (κ1) is 22.2. The fourth-order valence-corrected chi connectivity index (χ4v) is 3.70. The van der Waals surface area contributed by atoms with Gasteiger partial charge in [-0.05, 0) is 57.7 Å². The molecule has 0 unspecified atom stereocenters. The molecule has 152 valence electrons. The van der Waals surface area contributed by atoms with Crippen molar-refractivity contribution < 1.29 is 9.53 Å². The lowest BCUT2D eigenvalue weighted by molar-refractivity contribution is -0.138. The highest BCUT2D eigenvalue weighted by Crippen LogP contribution is 2.28. The molecule has 1 aromatic rings. The van der Waals surface area contributed by atoms with E-state index in [9.17, 15) is 4.79 Å². The number of benzene rings is 1. The number of halogens is 1. The molecule has 6 heteroatoms. The van der Waals surface area contributed by atoms with Crippen LogP contribution in [0.1, 0.15) is 45.6 Å². The zero-order chi connectivity index (χ0) is 19.7. The summed E-state index contributed by atoms with van der Waals surface area (Å²) < 4.78 is 5.75. The summed E-state index contributed by atoms with van der Waals surface area (Å²) in [5, 5.41) is 3.43. The number of anilines is 1. The van der Waals surface area contributed by atoms with Gasteiger partial charge in [-0.3, -0.25) is 9.69 Å². The van der Waals surface area contributed by atoms with Crippen molar-refractivity contribution in [2.45, 2.75) is 52.2 Å². The van der Waals surface area contributed by atoms with E-state index in [1.54, 1.807) is 0 Å². The summed E-state index contributed by atoms with van der Waals surface area (Å²) >= 11 is 3.64. The van der Waals surface area contributed by atoms with Gasteiger partial charge in [-0.25, -0.2) is 0 Å². The van der Waals surface area contributed by atoms with Gasteiger partial charge in [-0.1, -0.05) is 22.0 Å². The van der Waals surface area contributed by atoms with E-state index in [0.29, 0.717) is 6.47 Å². The molecule has 0 aliphatic carbocycles. The monoisotopic (exact) mass is 439 g/mol. The molecule has 2 fully saturated rings. The Balaban J connectivity index is 0.000000321. The number of rotatable bonds is 4. The maximum Gasteiger partial charge on any atom is 0.293 e. The predicted molar refractivity (Wildman–Crippen MR) is 115 cm³/mol. The number of carbonyl (C=O) groups excluding carboxylic acids is 1. The molecule has 1 N–H and O–H groups in total. The van der Waals surface area contributed by atoms with Crippen molar-refractivity contribution in [2.24, 2.45) is 0 Å². The predicted octanol–water partition coefficient (Wildman–Crippen LogP) is 3.80. The highest BCUT2D eigenvalue weighted by atomic mass is 79.9. The third-order valence-electron chi connectivity index (χ3n) is 4.75. The summed E-state index contributed by atoms with van der Waals surface area (Å²) in [6.07, 6.45) is 4.05. The molecule has 2 saturated heterocycles. The molecular weight excluding hydrogens is 406 g/mol. The third kappa shape index (κ3) is 8.20. The first-order valence-electron chi connectivity index (χ1n) is 9.97. The average molecular weight is 440 g/mol. The summed E-state index contributed by atoms with van der Waals surface area (Å²) in [6.45, 7) is 14.0. The fourth-order valence-electron chi connectivity index (χ4n) is 3.35. The SMILES string of the molecule is Brc1ccc(CN2CCNCC2)c(N2CCCCC2)c1.CC(C)(C)OC=O. The maximum atomic E-state index is 9.60. The fraction of sp³-hybridized carbons (Fsp3) is 0.667. The zero-order valence-corrected chi connectivity index (χ0v) is 18.6. The average Bonchev–Trinajstić information content (AvgIpc) is 2.64. The number of ether oxygens (including phenoxy) is 1. The van der Waals surface area contributed by atoms with Crippen LogP contribution in [0.3, 0.4) is 0 Å². The molecule has 0 spiro atoms. The summed E-state index contributed by atoms with van der Waals surface area (Å²) in [6, 6.07) is 6.80. The first-order chi connectivity index (χ1) is 12.9. The van der Waals surface area contributed by atoms with E-state index in [-0.39, 0.29) is 5.60 Å². The van der Waals surface area contributed by atoms with Crippen LogP contribution in [-0.4, -0.2) is 56.2 Å². The number of carbonyl (C=O) groups is 1. The summed E-state index contributed by atoms with van der Waals surface area (Å²) in [7, 11) is 0. The van der Waals surface area contributed by atoms with Gasteiger partial charge in [0.1, 0.15) is 5.60 Å². The van der Waals surface area contributed by atoms with Crippen molar-refractivity contribution in [3.05, 3.63) is 28.2 Å². The minimum Gasteiger partial charge on any atom is -0.462 e. The van der Waals surface area contributed by atoms with E-state index in [4.69, 9.17) is 0 Å². The van der Waals surface area contributed by atoms with Gasteiger partial charge >= 0.3 is 0 Å². The van der Waals surface area contributed by atoms with Gasteiger partial charge in [0, 0.05) is 56.0 Å². The number of hydrogen-bond acceptors (Lipinski definition) is 5. The number of piperazine rings is 1. The molecule has 27 heavy (non-hydrogen) atoms. The van der Waals surface area contributed by atoms with Crippen LogP contribution in [-0.2, 0) is 16.1 Å². The molecule has 0 bridgehead atoms. The van der Waals surface area contributed by atoms with Gasteiger partial charge < -0.3 is 15.0 Å². The second-order valence-corrected chi connectivity index (χ2v) is 9.09. The summed E-state index contributed by atoms with van der Waals surface area (Å²) in [5.74, 6) is 0. The Labute approximate surface area is 172 Å². The summed E-state index contributed by atoms with van der Waals surface area (Å²) in [5.41, 5.74) is 2.61. The lowest BCUT2D eigenvalue weighted by Gasteiger charge is -2.33.